The van der Waals surface area contributed by atoms with Gasteiger partial charge in [0.15, 0.2) is 0 Å². The van der Waals surface area contributed by atoms with Crippen LogP contribution in [-0.2, 0) is 27.6 Å². The highest BCUT2D eigenvalue weighted by molar-refractivity contribution is 7.92. The van der Waals surface area contributed by atoms with E-state index in [1.54, 1.807) is 6.07 Å². The van der Waals surface area contributed by atoms with Crippen LogP contribution in [0.25, 0.3) is 0 Å². The second-order valence-electron chi connectivity index (χ2n) is 7.56. The summed E-state index contributed by atoms with van der Waals surface area (Å²) in [4.78, 5) is 11.6. The summed E-state index contributed by atoms with van der Waals surface area (Å²) in [6.45, 7) is 2.02. The number of sulfonamides is 1. The van der Waals surface area contributed by atoms with Gasteiger partial charge in [0.1, 0.15) is 11.3 Å². The molecule has 7 nitrogen and oxygen atoms in total. The van der Waals surface area contributed by atoms with Crippen molar-refractivity contribution < 1.29 is 28.2 Å². The molecule has 1 aliphatic rings. The molecule has 1 fully saturated rings. The van der Waals surface area contributed by atoms with Gasteiger partial charge < -0.3 is 14.9 Å². The van der Waals surface area contributed by atoms with Crippen molar-refractivity contribution in [3.05, 3.63) is 53.1 Å². The van der Waals surface area contributed by atoms with Gasteiger partial charge in [0.2, 0.25) is 0 Å². The van der Waals surface area contributed by atoms with E-state index in [0.717, 1.165) is 49.6 Å². The molecule has 0 heterocycles. The van der Waals surface area contributed by atoms with Crippen LogP contribution in [0.2, 0.25) is 0 Å². The number of carbonyl (C=O) groups excluding carboxylic acids is 1. The molecule has 0 aromatic heterocycles. The Morgan fingerprint density at radius 1 is 1.23 bits per heavy atom. The number of ether oxygens (including phenoxy) is 1. The first-order chi connectivity index (χ1) is 14.2. The molecule has 0 spiro atoms. The molecular formula is C22H27NO6S. The number of phenolic OH excluding ortho intramolecular Hbond substituents is 1. The number of methoxy groups -OCH3 is 1. The minimum Gasteiger partial charge on any atom is -0.507 e. The second kappa shape index (κ2) is 9.06. The van der Waals surface area contributed by atoms with Crippen molar-refractivity contribution in [3.8, 4) is 5.75 Å². The molecule has 1 saturated carbocycles. The molecule has 0 saturated heterocycles. The number of aromatic hydroxyl groups is 1. The highest BCUT2D eigenvalue weighted by Crippen LogP contribution is 2.35. The van der Waals surface area contributed by atoms with Crippen molar-refractivity contribution in [1.82, 2.24) is 0 Å². The fourth-order valence-electron chi connectivity index (χ4n) is 3.35. The molecule has 0 aliphatic heterocycles. The van der Waals surface area contributed by atoms with E-state index in [1.807, 2.05) is 19.1 Å². The molecule has 2 aromatic carbocycles. The maximum Gasteiger partial charge on any atom is 0.341 e. The van der Waals surface area contributed by atoms with Gasteiger partial charge in [0.25, 0.3) is 10.0 Å². The molecule has 3 N–H and O–H groups in total. The first kappa shape index (κ1) is 22.1. The fourth-order valence-corrected chi connectivity index (χ4v) is 4.48. The number of anilines is 1. The van der Waals surface area contributed by atoms with Crippen LogP contribution in [-0.4, -0.2) is 37.8 Å². The van der Waals surface area contributed by atoms with Gasteiger partial charge in [-0.1, -0.05) is 19.1 Å². The highest BCUT2D eigenvalue weighted by Gasteiger charge is 2.29. The Bertz CT molecular complexity index is 1030. The predicted molar refractivity (Wildman–Crippen MR) is 113 cm³/mol. The normalized spacial score (nSPS) is 14.9. The summed E-state index contributed by atoms with van der Waals surface area (Å²) in [5, 5.41) is 20.0. The van der Waals surface area contributed by atoms with E-state index in [4.69, 9.17) is 0 Å². The maximum atomic E-state index is 12.9. The largest absolute Gasteiger partial charge is 0.507 e. The van der Waals surface area contributed by atoms with Crippen LogP contribution in [0.1, 0.15) is 47.7 Å². The molecule has 162 valence electrons. The fraction of sp³-hybridized carbons (Fsp3) is 0.409. The molecule has 1 aliphatic carbocycles. The Morgan fingerprint density at radius 3 is 2.60 bits per heavy atom. The number of hydrogen-bond donors (Lipinski definition) is 3. The molecule has 3 rings (SSSR count). The summed E-state index contributed by atoms with van der Waals surface area (Å²) in [7, 11) is -2.86. The van der Waals surface area contributed by atoms with E-state index in [1.165, 1.54) is 6.07 Å². The lowest BCUT2D eigenvalue weighted by molar-refractivity contribution is 0.0597. The highest BCUT2D eigenvalue weighted by atomic mass is 32.2. The molecule has 8 heteroatoms. The van der Waals surface area contributed by atoms with Gasteiger partial charge in [0, 0.05) is 0 Å². The smallest absolute Gasteiger partial charge is 0.341 e. The third kappa shape index (κ3) is 5.12. The molecular weight excluding hydrogens is 406 g/mol. The van der Waals surface area contributed by atoms with Crippen LogP contribution >= 0.6 is 0 Å². The van der Waals surface area contributed by atoms with E-state index in [-0.39, 0.29) is 22.3 Å². The zero-order valence-corrected chi connectivity index (χ0v) is 17.9. The van der Waals surface area contributed by atoms with Crippen LogP contribution in [0.4, 0.5) is 5.69 Å². The van der Waals surface area contributed by atoms with Gasteiger partial charge in [-0.15, -0.1) is 0 Å². The number of esters is 1. The van der Waals surface area contributed by atoms with Gasteiger partial charge in [-0.2, -0.15) is 0 Å². The zero-order chi connectivity index (χ0) is 21.9. The van der Waals surface area contributed by atoms with E-state index in [9.17, 15) is 23.4 Å². The Hall–Kier alpha value is -2.58. The monoisotopic (exact) mass is 433 g/mol. The number of carbonyl (C=O) groups is 1. The number of phenols is 1. The zero-order valence-electron chi connectivity index (χ0n) is 17.1. The third-order valence-corrected chi connectivity index (χ3v) is 6.74. The number of hydrogen-bond acceptors (Lipinski definition) is 6. The van der Waals surface area contributed by atoms with Gasteiger partial charge >= 0.3 is 5.97 Å². The van der Waals surface area contributed by atoms with Crippen molar-refractivity contribution in [2.45, 2.75) is 50.0 Å². The molecule has 0 bridgehead atoms. The Kier molecular flexibility index (Phi) is 6.67. The van der Waals surface area contributed by atoms with Crippen molar-refractivity contribution >= 4 is 21.7 Å². The molecule has 1 atom stereocenters. The number of aliphatic hydroxyl groups excluding tert-OH is 1. The van der Waals surface area contributed by atoms with E-state index >= 15 is 0 Å². The van der Waals surface area contributed by atoms with E-state index in [0.29, 0.717) is 24.4 Å². The van der Waals surface area contributed by atoms with Crippen molar-refractivity contribution in [2.24, 2.45) is 5.92 Å². The summed E-state index contributed by atoms with van der Waals surface area (Å²) in [5.74, 6) is -0.831. The maximum absolute atomic E-state index is 12.9. The van der Waals surface area contributed by atoms with Crippen LogP contribution < -0.4 is 4.72 Å². The van der Waals surface area contributed by atoms with Gasteiger partial charge in [-0.3, -0.25) is 4.72 Å². The second-order valence-corrected chi connectivity index (χ2v) is 9.25. The summed E-state index contributed by atoms with van der Waals surface area (Å²) in [5.41, 5.74) is 2.09. The van der Waals surface area contributed by atoms with Gasteiger partial charge in [0.05, 0.1) is 23.8 Å². The minimum absolute atomic E-state index is 0.163. The van der Waals surface area contributed by atoms with Crippen LogP contribution in [0.5, 0.6) is 5.75 Å². The lowest BCUT2D eigenvalue weighted by Crippen LogP contribution is -2.16. The molecule has 30 heavy (non-hydrogen) atoms. The quantitative estimate of drug-likeness (QED) is 0.523. The summed E-state index contributed by atoms with van der Waals surface area (Å²) < 4.78 is 33.1. The first-order valence-corrected chi connectivity index (χ1v) is 11.5. The van der Waals surface area contributed by atoms with Crippen LogP contribution in [0, 0.1) is 5.92 Å². The summed E-state index contributed by atoms with van der Waals surface area (Å²) in [6.07, 6.45) is 3.63. The lowest BCUT2D eigenvalue weighted by atomic mass is 10.00. The SMILES string of the molecule is CCc1ccc(NS(=O)(=O)c2ccc(O)c(C(=O)OC)c2)c(CCC(O)C2CC2)c1. The molecule has 2 aromatic rings. The lowest BCUT2D eigenvalue weighted by Gasteiger charge is -2.16. The Labute approximate surface area is 176 Å². The minimum atomic E-state index is -4.01. The van der Waals surface area contributed by atoms with Crippen molar-refractivity contribution in [1.29, 1.82) is 0 Å². The number of rotatable bonds is 9. The van der Waals surface area contributed by atoms with Gasteiger partial charge in [-0.05, 0) is 73.4 Å². The Balaban J connectivity index is 1.87. The molecule has 0 amide bonds. The number of aliphatic hydroxyl groups is 1. The van der Waals surface area contributed by atoms with Gasteiger partial charge in [-0.25, -0.2) is 13.2 Å². The van der Waals surface area contributed by atoms with Crippen molar-refractivity contribution in [2.75, 3.05) is 11.8 Å². The summed E-state index contributed by atoms with van der Waals surface area (Å²) >= 11 is 0. The van der Waals surface area contributed by atoms with Crippen LogP contribution in [0.15, 0.2) is 41.3 Å². The number of aryl methyl sites for hydroxylation is 2. The third-order valence-electron chi connectivity index (χ3n) is 5.38. The van der Waals surface area contributed by atoms with Crippen molar-refractivity contribution in [3.63, 3.8) is 0 Å². The van der Waals surface area contributed by atoms with Crippen LogP contribution in [0.3, 0.4) is 0 Å². The van der Waals surface area contributed by atoms with E-state index in [2.05, 4.69) is 9.46 Å². The number of nitrogens with one attached hydrogen (secondary N) is 1. The first-order valence-electron chi connectivity index (χ1n) is 9.99. The number of benzene rings is 2. The standard InChI is InChI=1S/C22H27NO6S/c1-3-14-4-9-19(16(12-14)7-10-20(24)15-5-6-15)23-30(27,28)17-8-11-21(25)18(13-17)22(26)29-2/h4,8-9,11-13,15,20,23-25H,3,5-7,10H2,1-2H3. The topological polar surface area (TPSA) is 113 Å². The average molecular weight is 434 g/mol. The predicted octanol–water partition coefficient (Wildman–Crippen LogP) is 3.25. The average Bonchev–Trinajstić information content (AvgIpc) is 3.57. The summed E-state index contributed by atoms with van der Waals surface area (Å²) in [6, 6.07) is 8.98. The van der Waals surface area contributed by atoms with E-state index < -0.39 is 16.0 Å². The molecule has 0 radical (unpaired) electrons. The Morgan fingerprint density at radius 2 is 1.97 bits per heavy atom. The molecule has 1 unspecified atom stereocenters.